The lowest BCUT2D eigenvalue weighted by Gasteiger charge is -2.20. The summed E-state index contributed by atoms with van der Waals surface area (Å²) in [6.07, 6.45) is 1.27. The van der Waals surface area contributed by atoms with Crippen molar-refractivity contribution in [3.63, 3.8) is 0 Å². The zero-order valence-electron chi connectivity index (χ0n) is 10.9. The highest BCUT2D eigenvalue weighted by Crippen LogP contribution is 2.20. The Morgan fingerprint density at radius 2 is 2.39 bits per heavy atom. The molecule has 0 saturated carbocycles. The topological polar surface area (TPSA) is 43.8 Å². The molecular formula is C13H20N2O2S. The van der Waals surface area contributed by atoms with Crippen LogP contribution in [0.1, 0.15) is 21.0 Å². The monoisotopic (exact) mass is 268 g/mol. The van der Waals surface area contributed by atoms with Gasteiger partial charge in [0.05, 0.1) is 0 Å². The number of carboxylic acid groups (broad SMARTS) is 1. The molecule has 0 spiro atoms. The summed E-state index contributed by atoms with van der Waals surface area (Å²) in [6.45, 7) is 4.30. The Hall–Kier alpha value is -0.910. The number of thiophene rings is 1. The van der Waals surface area contributed by atoms with Gasteiger partial charge in [0.2, 0.25) is 0 Å². The van der Waals surface area contributed by atoms with Gasteiger partial charge in [-0.05, 0) is 45.1 Å². The van der Waals surface area contributed by atoms with E-state index in [2.05, 4.69) is 23.9 Å². The molecule has 5 heteroatoms. The van der Waals surface area contributed by atoms with Gasteiger partial charge in [-0.3, -0.25) is 0 Å². The van der Waals surface area contributed by atoms with Crippen LogP contribution < -0.4 is 0 Å². The molecule has 100 valence electrons. The minimum absolute atomic E-state index is 0.430. The van der Waals surface area contributed by atoms with E-state index >= 15 is 0 Å². The van der Waals surface area contributed by atoms with Crippen LogP contribution in [0.15, 0.2) is 12.1 Å². The van der Waals surface area contributed by atoms with Crippen LogP contribution in [0, 0.1) is 5.92 Å². The van der Waals surface area contributed by atoms with Gasteiger partial charge in [-0.25, -0.2) is 4.79 Å². The number of rotatable bonds is 5. The van der Waals surface area contributed by atoms with Crippen molar-refractivity contribution in [2.75, 3.05) is 33.7 Å². The molecule has 2 rings (SSSR count). The van der Waals surface area contributed by atoms with E-state index in [4.69, 9.17) is 5.11 Å². The Labute approximate surface area is 112 Å². The fourth-order valence-electron chi connectivity index (χ4n) is 2.52. The molecule has 0 amide bonds. The largest absolute Gasteiger partial charge is 0.477 e. The van der Waals surface area contributed by atoms with Gasteiger partial charge in [0.25, 0.3) is 0 Å². The predicted molar refractivity (Wildman–Crippen MR) is 73.2 cm³/mol. The Balaban J connectivity index is 1.82. The maximum atomic E-state index is 10.8. The number of hydrogen-bond donors (Lipinski definition) is 1. The zero-order chi connectivity index (χ0) is 13.1. The Morgan fingerprint density at radius 3 is 2.94 bits per heavy atom. The summed E-state index contributed by atoms with van der Waals surface area (Å²) in [4.78, 5) is 17.0. The van der Waals surface area contributed by atoms with Gasteiger partial charge in [-0.2, -0.15) is 0 Å². The SMILES string of the molecule is CN1CCC(CN(C)Cc2ccc(C(=O)O)s2)C1. The highest BCUT2D eigenvalue weighted by molar-refractivity contribution is 7.13. The normalized spacial score (nSPS) is 20.7. The first-order valence-corrected chi connectivity index (χ1v) is 7.05. The van der Waals surface area contributed by atoms with E-state index in [1.807, 2.05) is 6.07 Å². The summed E-state index contributed by atoms with van der Waals surface area (Å²) in [5.41, 5.74) is 0. The van der Waals surface area contributed by atoms with E-state index in [0.717, 1.165) is 23.9 Å². The zero-order valence-corrected chi connectivity index (χ0v) is 11.7. The van der Waals surface area contributed by atoms with E-state index < -0.39 is 5.97 Å². The van der Waals surface area contributed by atoms with E-state index in [-0.39, 0.29) is 0 Å². The lowest BCUT2D eigenvalue weighted by Crippen LogP contribution is -2.26. The van der Waals surface area contributed by atoms with Crippen molar-refractivity contribution < 1.29 is 9.90 Å². The van der Waals surface area contributed by atoms with Gasteiger partial charge >= 0.3 is 5.97 Å². The standard InChI is InChI=1S/C13H20N2O2S/c1-14-6-5-10(7-14)8-15(2)9-11-3-4-12(18-11)13(16)17/h3-4,10H,5-9H2,1-2H3,(H,16,17). The molecule has 18 heavy (non-hydrogen) atoms. The van der Waals surface area contributed by atoms with Crippen molar-refractivity contribution in [1.29, 1.82) is 0 Å². The van der Waals surface area contributed by atoms with E-state index in [1.54, 1.807) is 6.07 Å². The minimum atomic E-state index is -0.827. The average Bonchev–Trinajstić information content (AvgIpc) is 2.88. The van der Waals surface area contributed by atoms with Gasteiger partial charge < -0.3 is 14.9 Å². The first kappa shape index (κ1) is 13.5. The number of carbonyl (C=O) groups is 1. The molecule has 1 aliphatic heterocycles. The second kappa shape index (κ2) is 5.82. The summed E-state index contributed by atoms with van der Waals surface area (Å²) >= 11 is 1.38. The third-order valence-electron chi connectivity index (χ3n) is 3.36. The molecule has 1 aliphatic rings. The number of likely N-dealkylation sites (tertiary alicyclic amines) is 1. The average molecular weight is 268 g/mol. The van der Waals surface area contributed by atoms with E-state index in [9.17, 15) is 4.79 Å². The number of hydrogen-bond acceptors (Lipinski definition) is 4. The number of carboxylic acids is 1. The maximum Gasteiger partial charge on any atom is 0.345 e. The second-order valence-corrected chi connectivity index (χ2v) is 6.35. The first-order chi connectivity index (χ1) is 8.54. The Morgan fingerprint density at radius 1 is 1.61 bits per heavy atom. The molecule has 1 saturated heterocycles. The lowest BCUT2D eigenvalue weighted by molar-refractivity contribution is 0.0702. The molecule has 1 aromatic rings. The molecule has 0 aromatic carbocycles. The summed E-state index contributed by atoms with van der Waals surface area (Å²) in [7, 11) is 4.27. The van der Waals surface area contributed by atoms with Crippen LogP contribution in [0.3, 0.4) is 0 Å². The van der Waals surface area contributed by atoms with Crippen molar-refractivity contribution in [2.24, 2.45) is 5.92 Å². The van der Waals surface area contributed by atoms with Crippen LogP contribution in [0.5, 0.6) is 0 Å². The molecule has 1 fully saturated rings. The van der Waals surface area contributed by atoms with Crippen molar-refractivity contribution in [3.8, 4) is 0 Å². The second-order valence-electron chi connectivity index (χ2n) is 5.18. The molecular weight excluding hydrogens is 248 g/mol. The number of aromatic carboxylic acids is 1. The van der Waals surface area contributed by atoms with Crippen LogP contribution in [0.4, 0.5) is 0 Å². The van der Waals surface area contributed by atoms with Gasteiger partial charge in [0.1, 0.15) is 4.88 Å². The maximum absolute atomic E-state index is 10.8. The Kier molecular flexibility index (Phi) is 4.37. The molecule has 1 N–H and O–H groups in total. The summed E-state index contributed by atoms with van der Waals surface area (Å²) in [5.74, 6) is -0.0785. The molecule has 2 heterocycles. The predicted octanol–water partition coefficient (Wildman–Crippen LogP) is 1.83. The number of nitrogens with zero attached hydrogens (tertiary/aromatic N) is 2. The van der Waals surface area contributed by atoms with Crippen LogP contribution >= 0.6 is 11.3 Å². The molecule has 1 unspecified atom stereocenters. The van der Waals surface area contributed by atoms with Gasteiger partial charge in [0.15, 0.2) is 0 Å². The summed E-state index contributed by atoms with van der Waals surface area (Å²) in [5, 5.41) is 8.88. The quantitative estimate of drug-likeness (QED) is 0.885. The summed E-state index contributed by atoms with van der Waals surface area (Å²) in [6, 6.07) is 3.62. The van der Waals surface area contributed by atoms with Crippen LogP contribution in [-0.4, -0.2) is 54.6 Å². The summed E-state index contributed by atoms with van der Waals surface area (Å²) < 4.78 is 0. The van der Waals surface area contributed by atoms with Crippen LogP contribution in [-0.2, 0) is 6.54 Å². The third kappa shape index (κ3) is 3.54. The lowest BCUT2D eigenvalue weighted by atomic mass is 10.1. The molecule has 4 nitrogen and oxygen atoms in total. The third-order valence-corrected chi connectivity index (χ3v) is 4.41. The van der Waals surface area contributed by atoms with E-state index in [0.29, 0.717) is 4.88 Å². The molecule has 1 atom stereocenters. The van der Waals surface area contributed by atoms with Crippen molar-refractivity contribution in [1.82, 2.24) is 9.80 Å². The smallest absolute Gasteiger partial charge is 0.345 e. The first-order valence-electron chi connectivity index (χ1n) is 6.23. The van der Waals surface area contributed by atoms with Crippen molar-refractivity contribution >= 4 is 17.3 Å². The Bertz CT molecular complexity index is 419. The van der Waals surface area contributed by atoms with E-state index in [1.165, 1.54) is 30.8 Å². The van der Waals surface area contributed by atoms with Gasteiger partial charge in [-0.1, -0.05) is 0 Å². The highest BCUT2D eigenvalue weighted by atomic mass is 32.1. The molecule has 0 aliphatic carbocycles. The van der Waals surface area contributed by atoms with Crippen LogP contribution in [0.2, 0.25) is 0 Å². The fraction of sp³-hybridized carbons (Fsp3) is 0.615. The molecule has 0 bridgehead atoms. The van der Waals surface area contributed by atoms with Gasteiger partial charge in [0, 0.05) is 24.5 Å². The highest BCUT2D eigenvalue weighted by Gasteiger charge is 2.20. The fourth-order valence-corrected chi connectivity index (χ4v) is 3.45. The molecule has 0 radical (unpaired) electrons. The van der Waals surface area contributed by atoms with Crippen molar-refractivity contribution in [2.45, 2.75) is 13.0 Å². The molecule has 1 aromatic heterocycles. The van der Waals surface area contributed by atoms with Crippen LogP contribution in [0.25, 0.3) is 0 Å². The van der Waals surface area contributed by atoms with Gasteiger partial charge in [-0.15, -0.1) is 11.3 Å². The van der Waals surface area contributed by atoms with Crippen molar-refractivity contribution in [3.05, 3.63) is 21.9 Å². The minimum Gasteiger partial charge on any atom is -0.477 e.